The van der Waals surface area contributed by atoms with Gasteiger partial charge in [0.15, 0.2) is 5.78 Å². The van der Waals surface area contributed by atoms with Crippen molar-refractivity contribution in [2.75, 3.05) is 13.6 Å². The highest BCUT2D eigenvalue weighted by atomic mass is 79.9. The van der Waals surface area contributed by atoms with Crippen molar-refractivity contribution in [3.8, 4) is 5.75 Å². The van der Waals surface area contributed by atoms with Crippen molar-refractivity contribution in [2.45, 2.75) is 46.2 Å². The summed E-state index contributed by atoms with van der Waals surface area (Å²) < 4.78 is 3.59. The molecule has 0 fully saturated rings. The number of fused-ring (bicyclic) bond motifs is 1. The number of halogens is 1. The number of phenols is 1. The van der Waals surface area contributed by atoms with E-state index in [-0.39, 0.29) is 52.1 Å². The molecule has 7 nitrogen and oxygen atoms in total. The van der Waals surface area contributed by atoms with Crippen LogP contribution in [0.4, 0.5) is 0 Å². The number of nitrogens with zero attached hydrogens (tertiary/aromatic N) is 3. The van der Waals surface area contributed by atoms with Crippen LogP contribution in [0.2, 0.25) is 0 Å². The maximum atomic E-state index is 13.7. The summed E-state index contributed by atoms with van der Waals surface area (Å²) in [4.78, 5) is 28.2. The molecule has 0 saturated heterocycles. The van der Waals surface area contributed by atoms with Gasteiger partial charge >= 0.3 is 0 Å². The average Bonchev–Trinajstić information content (AvgIpc) is 3.13. The standard InChI is InChI=1S/C30H34N4O3.BrH/c1-6-32(5)28(37)22-16-21(17-23(27(22)36)30(2,3)4)26(35)19-34-25-15-11-10-14-24(25)33(29(34)31)18-20-12-8-7-9-13-20;/h7-17,31,36H,6,18-19H2,1-5H3;1H. The van der Waals surface area contributed by atoms with Crippen LogP contribution in [-0.4, -0.2) is 44.4 Å². The molecule has 0 unspecified atom stereocenters. The topological polar surface area (TPSA) is 91.3 Å². The van der Waals surface area contributed by atoms with Crippen LogP contribution in [0.3, 0.4) is 0 Å². The quantitative estimate of drug-likeness (QED) is 0.282. The summed E-state index contributed by atoms with van der Waals surface area (Å²) in [5, 5.41) is 19.9. The maximum Gasteiger partial charge on any atom is 0.257 e. The minimum Gasteiger partial charge on any atom is -0.507 e. The molecule has 1 amide bonds. The fourth-order valence-electron chi connectivity index (χ4n) is 4.49. The Hall–Kier alpha value is -3.65. The summed E-state index contributed by atoms with van der Waals surface area (Å²) in [5.41, 5.74) is 3.43. The molecule has 0 atom stereocenters. The van der Waals surface area contributed by atoms with Gasteiger partial charge in [0.05, 0.1) is 29.7 Å². The molecule has 0 aliphatic heterocycles. The summed E-state index contributed by atoms with van der Waals surface area (Å²) >= 11 is 0. The Labute approximate surface area is 233 Å². The van der Waals surface area contributed by atoms with E-state index in [2.05, 4.69) is 0 Å². The first-order valence-corrected chi connectivity index (χ1v) is 12.5. The molecule has 2 N–H and O–H groups in total. The Bertz CT molecular complexity index is 1530. The van der Waals surface area contributed by atoms with Gasteiger partial charge in [0.1, 0.15) is 5.75 Å². The van der Waals surface area contributed by atoms with Crippen molar-refractivity contribution in [1.82, 2.24) is 14.0 Å². The van der Waals surface area contributed by atoms with Crippen LogP contribution in [0.25, 0.3) is 11.0 Å². The van der Waals surface area contributed by atoms with E-state index in [9.17, 15) is 14.7 Å². The van der Waals surface area contributed by atoms with E-state index in [1.54, 1.807) is 17.7 Å². The van der Waals surface area contributed by atoms with Gasteiger partial charge < -0.3 is 19.1 Å². The average molecular weight is 580 g/mol. The second-order valence-corrected chi connectivity index (χ2v) is 10.4. The maximum absolute atomic E-state index is 13.7. The summed E-state index contributed by atoms with van der Waals surface area (Å²) in [6.07, 6.45) is 0. The lowest BCUT2D eigenvalue weighted by Gasteiger charge is -2.24. The molecule has 0 aliphatic rings. The largest absolute Gasteiger partial charge is 0.507 e. The van der Waals surface area contributed by atoms with Gasteiger partial charge in [-0.25, -0.2) is 0 Å². The number of para-hydroxylation sites is 2. The number of aromatic hydroxyl groups is 1. The normalized spacial score (nSPS) is 11.3. The molecule has 0 aliphatic carbocycles. The van der Waals surface area contributed by atoms with Crippen molar-refractivity contribution in [1.29, 1.82) is 5.41 Å². The van der Waals surface area contributed by atoms with Gasteiger partial charge in [-0.15, -0.1) is 17.0 Å². The molecule has 1 aromatic heterocycles. The molecular formula is C30H35BrN4O3. The minimum absolute atomic E-state index is 0. The second-order valence-electron chi connectivity index (χ2n) is 10.4. The second kappa shape index (κ2) is 11.4. The fourth-order valence-corrected chi connectivity index (χ4v) is 4.49. The Morgan fingerprint density at radius 1 is 0.947 bits per heavy atom. The Morgan fingerprint density at radius 2 is 1.53 bits per heavy atom. The first-order valence-electron chi connectivity index (χ1n) is 12.5. The zero-order chi connectivity index (χ0) is 26.9. The summed E-state index contributed by atoms with van der Waals surface area (Å²) in [6, 6.07) is 20.8. The molecule has 3 aromatic carbocycles. The predicted octanol–water partition coefficient (Wildman–Crippen LogP) is 5.53. The van der Waals surface area contributed by atoms with Crippen LogP contribution in [0.1, 0.15) is 59.5 Å². The highest BCUT2D eigenvalue weighted by Gasteiger charge is 2.27. The van der Waals surface area contributed by atoms with Gasteiger partial charge in [-0.2, -0.15) is 0 Å². The lowest BCUT2D eigenvalue weighted by Crippen LogP contribution is -2.29. The van der Waals surface area contributed by atoms with Gasteiger partial charge in [-0.05, 0) is 42.2 Å². The highest BCUT2D eigenvalue weighted by molar-refractivity contribution is 8.93. The Morgan fingerprint density at radius 3 is 2.11 bits per heavy atom. The zero-order valence-electron chi connectivity index (χ0n) is 22.5. The predicted molar refractivity (Wildman–Crippen MR) is 155 cm³/mol. The number of carbonyl (C=O) groups excluding carboxylic acids is 2. The number of aromatic nitrogens is 2. The first-order chi connectivity index (χ1) is 17.5. The van der Waals surface area contributed by atoms with Crippen molar-refractivity contribution < 1.29 is 14.7 Å². The molecule has 1 heterocycles. The van der Waals surface area contributed by atoms with Gasteiger partial charge in [-0.1, -0.05) is 63.2 Å². The molecule has 38 heavy (non-hydrogen) atoms. The van der Waals surface area contributed by atoms with Gasteiger partial charge in [-0.3, -0.25) is 15.0 Å². The fraction of sp³-hybridized carbons (Fsp3) is 0.300. The third-order valence-corrected chi connectivity index (χ3v) is 6.75. The molecule has 0 saturated carbocycles. The number of ketones is 1. The third kappa shape index (κ3) is 5.60. The van der Waals surface area contributed by atoms with Crippen molar-refractivity contribution >= 4 is 39.7 Å². The van der Waals surface area contributed by atoms with E-state index in [0.29, 0.717) is 24.2 Å². The van der Waals surface area contributed by atoms with E-state index >= 15 is 0 Å². The zero-order valence-corrected chi connectivity index (χ0v) is 24.2. The number of nitrogens with one attached hydrogen (secondary N) is 1. The van der Waals surface area contributed by atoms with Gasteiger partial charge in [0, 0.05) is 24.7 Å². The molecular weight excluding hydrogens is 544 g/mol. The SMILES string of the molecule is Br.CCN(C)C(=O)c1cc(C(=O)Cn2c(=N)n(Cc3ccccc3)c3ccccc32)cc(C(C)(C)C)c1O. The monoisotopic (exact) mass is 578 g/mol. The number of imidazole rings is 1. The Balaban J connectivity index is 0.00000400. The molecule has 4 aromatic rings. The number of Topliss-reactive ketones (excluding diaryl/α,β-unsaturated/α-hetero) is 1. The number of benzene rings is 3. The van der Waals surface area contributed by atoms with Crippen molar-refractivity contribution in [2.24, 2.45) is 0 Å². The van der Waals surface area contributed by atoms with Crippen LogP contribution >= 0.6 is 17.0 Å². The van der Waals surface area contributed by atoms with Crippen LogP contribution < -0.4 is 5.62 Å². The van der Waals surface area contributed by atoms with E-state index in [1.165, 1.54) is 11.0 Å². The minimum atomic E-state index is -0.486. The van der Waals surface area contributed by atoms with Crippen LogP contribution in [0, 0.1) is 5.41 Å². The van der Waals surface area contributed by atoms with Crippen LogP contribution in [0.5, 0.6) is 5.75 Å². The van der Waals surface area contributed by atoms with E-state index in [1.807, 2.05) is 86.9 Å². The molecule has 8 heteroatoms. The number of carbonyl (C=O) groups is 2. The Kier molecular flexibility index (Phi) is 8.67. The van der Waals surface area contributed by atoms with E-state index < -0.39 is 5.41 Å². The number of rotatable bonds is 7. The molecule has 0 radical (unpaired) electrons. The van der Waals surface area contributed by atoms with Crippen LogP contribution in [0.15, 0.2) is 66.7 Å². The number of hydrogen-bond acceptors (Lipinski definition) is 4. The summed E-state index contributed by atoms with van der Waals surface area (Å²) in [5.74, 6) is -0.670. The number of phenolic OH excluding ortho intramolecular Hbond substituents is 1. The summed E-state index contributed by atoms with van der Waals surface area (Å²) in [6.45, 7) is 8.57. The third-order valence-electron chi connectivity index (χ3n) is 6.75. The van der Waals surface area contributed by atoms with Crippen molar-refractivity contribution in [3.05, 3.63) is 94.6 Å². The number of hydrogen-bond donors (Lipinski definition) is 2. The lowest BCUT2D eigenvalue weighted by molar-refractivity contribution is 0.0799. The summed E-state index contributed by atoms with van der Waals surface area (Å²) in [7, 11) is 1.66. The highest BCUT2D eigenvalue weighted by Crippen LogP contribution is 2.35. The molecule has 4 rings (SSSR count). The van der Waals surface area contributed by atoms with E-state index in [0.717, 1.165) is 16.6 Å². The smallest absolute Gasteiger partial charge is 0.257 e. The molecule has 200 valence electrons. The number of amides is 1. The van der Waals surface area contributed by atoms with Crippen molar-refractivity contribution in [3.63, 3.8) is 0 Å². The lowest BCUT2D eigenvalue weighted by atomic mass is 9.83. The molecule has 0 bridgehead atoms. The van der Waals surface area contributed by atoms with Crippen LogP contribution in [-0.2, 0) is 18.5 Å². The molecule has 0 spiro atoms. The van der Waals surface area contributed by atoms with E-state index in [4.69, 9.17) is 5.41 Å². The first kappa shape index (κ1) is 28.9. The van der Waals surface area contributed by atoms with Gasteiger partial charge in [0.25, 0.3) is 5.91 Å². The van der Waals surface area contributed by atoms with Gasteiger partial charge in [0.2, 0.25) is 5.62 Å².